The fraction of sp³-hybridized carbons (Fsp3) is 0.200. The fourth-order valence-electron chi connectivity index (χ4n) is 2.69. The van der Waals surface area contributed by atoms with Gasteiger partial charge in [-0.15, -0.1) is 0 Å². The summed E-state index contributed by atoms with van der Waals surface area (Å²) in [5.74, 6) is 0.592. The smallest absolute Gasteiger partial charge is 0.226 e. The van der Waals surface area contributed by atoms with Gasteiger partial charge in [-0.05, 0) is 36.8 Å². The second kappa shape index (κ2) is 7.66. The summed E-state index contributed by atoms with van der Waals surface area (Å²) in [5.41, 5.74) is 3.60. The number of hydrogen-bond acceptors (Lipinski definition) is 4. The molecule has 0 spiro atoms. The van der Waals surface area contributed by atoms with E-state index in [9.17, 15) is 4.79 Å². The van der Waals surface area contributed by atoms with E-state index in [-0.39, 0.29) is 5.91 Å². The van der Waals surface area contributed by atoms with Crippen LogP contribution in [-0.2, 0) is 4.79 Å². The van der Waals surface area contributed by atoms with Gasteiger partial charge in [0.1, 0.15) is 5.75 Å². The second-order valence-electron chi connectivity index (χ2n) is 5.81. The summed E-state index contributed by atoms with van der Waals surface area (Å²) in [6, 6.07) is 15.6. The quantitative estimate of drug-likeness (QED) is 0.715. The highest BCUT2D eigenvalue weighted by Crippen LogP contribution is 2.25. The molecule has 128 valence electrons. The van der Waals surface area contributed by atoms with Crippen LogP contribution in [0.25, 0.3) is 10.9 Å². The standard InChI is InChI=1S/C20H21N3O2/c1-14-8-9-18(25-2)17(13-14)23-19(24)10-12-21-16-7-3-5-15-6-4-11-22-20(15)16/h3-9,11,13,21H,10,12H2,1-2H3,(H,23,24). The summed E-state index contributed by atoms with van der Waals surface area (Å²) in [4.78, 5) is 16.6. The van der Waals surface area contributed by atoms with Crippen molar-refractivity contribution in [3.8, 4) is 5.75 Å². The molecule has 0 saturated carbocycles. The summed E-state index contributed by atoms with van der Waals surface area (Å²) >= 11 is 0. The number of rotatable bonds is 6. The number of ether oxygens (including phenoxy) is 1. The molecule has 1 amide bonds. The Labute approximate surface area is 147 Å². The van der Waals surface area contributed by atoms with Gasteiger partial charge in [0, 0.05) is 24.5 Å². The number of para-hydroxylation sites is 1. The number of pyridine rings is 1. The lowest BCUT2D eigenvalue weighted by atomic mass is 10.2. The third-order valence-electron chi connectivity index (χ3n) is 3.93. The number of carbonyl (C=O) groups is 1. The molecule has 0 atom stereocenters. The maximum atomic E-state index is 12.2. The van der Waals surface area contributed by atoms with Gasteiger partial charge in [0.2, 0.25) is 5.91 Å². The lowest BCUT2D eigenvalue weighted by molar-refractivity contribution is -0.116. The molecule has 0 fully saturated rings. The molecule has 5 nitrogen and oxygen atoms in total. The third kappa shape index (κ3) is 4.07. The highest BCUT2D eigenvalue weighted by atomic mass is 16.5. The molecular formula is C20H21N3O2. The molecule has 1 aromatic heterocycles. The molecule has 0 unspecified atom stereocenters. The number of fused-ring (bicyclic) bond motifs is 1. The van der Waals surface area contributed by atoms with Crippen molar-refractivity contribution < 1.29 is 9.53 Å². The number of aromatic nitrogens is 1. The Balaban J connectivity index is 1.60. The number of nitrogens with zero attached hydrogens (tertiary/aromatic N) is 1. The second-order valence-corrected chi connectivity index (χ2v) is 5.81. The molecule has 0 aliphatic carbocycles. The van der Waals surface area contributed by atoms with E-state index in [0.717, 1.165) is 22.2 Å². The Bertz CT molecular complexity index is 888. The Kier molecular flexibility index (Phi) is 5.14. The van der Waals surface area contributed by atoms with E-state index in [1.165, 1.54) is 0 Å². The molecule has 1 heterocycles. The van der Waals surface area contributed by atoms with E-state index in [0.29, 0.717) is 24.4 Å². The molecule has 5 heteroatoms. The maximum Gasteiger partial charge on any atom is 0.226 e. The van der Waals surface area contributed by atoms with Crippen molar-refractivity contribution in [3.05, 3.63) is 60.3 Å². The van der Waals surface area contributed by atoms with Crippen molar-refractivity contribution in [1.29, 1.82) is 0 Å². The van der Waals surface area contributed by atoms with E-state index in [1.807, 2.05) is 55.5 Å². The SMILES string of the molecule is COc1ccc(C)cc1NC(=O)CCNc1cccc2cccnc12. The van der Waals surface area contributed by atoms with Crippen LogP contribution in [0, 0.1) is 6.92 Å². The van der Waals surface area contributed by atoms with Gasteiger partial charge in [0.25, 0.3) is 0 Å². The van der Waals surface area contributed by atoms with Crippen molar-refractivity contribution in [1.82, 2.24) is 4.98 Å². The van der Waals surface area contributed by atoms with Crippen LogP contribution in [0.3, 0.4) is 0 Å². The highest BCUT2D eigenvalue weighted by molar-refractivity contribution is 5.93. The zero-order valence-electron chi connectivity index (χ0n) is 14.4. The zero-order chi connectivity index (χ0) is 17.6. The zero-order valence-corrected chi connectivity index (χ0v) is 14.4. The van der Waals surface area contributed by atoms with Crippen molar-refractivity contribution in [2.24, 2.45) is 0 Å². The summed E-state index contributed by atoms with van der Waals surface area (Å²) in [5, 5.41) is 7.27. The number of hydrogen-bond donors (Lipinski definition) is 2. The van der Waals surface area contributed by atoms with Crippen LogP contribution in [0.2, 0.25) is 0 Å². The van der Waals surface area contributed by atoms with E-state index in [1.54, 1.807) is 13.3 Å². The molecular weight excluding hydrogens is 314 g/mol. The maximum absolute atomic E-state index is 12.2. The topological polar surface area (TPSA) is 63.2 Å². The number of amides is 1. The largest absolute Gasteiger partial charge is 0.495 e. The molecule has 0 radical (unpaired) electrons. The molecule has 3 aromatic rings. The average Bonchev–Trinajstić information content (AvgIpc) is 2.62. The van der Waals surface area contributed by atoms with Gasteiger partial charge in [-0.3, -0.25) is 9.78 Å². The molecule has 0 saturated heterocycles. The predicted octanol–water partition coefficient (Wildman–Crippen LogP) is 3.99. The third-order valence-corrected chi connectivity index (χ3v) is 3.93. The minimum atomic E-state index is -0.0652. The first-order valence-corrected chi connectivity index (χ1v) is 8.19. The number of methoxy groups -OCH3 is 1. The van der Waals surface area contributed by atoms with E-state index in [4.69, 9.17) is 4.74 Å². The van der Waals surface area contributed by atoms with Gasteiger partial charge in [-0.1, -0.05) is 24.3 Å². The van der Waals surface area contributed by atoms with Gasteiger partial charge >= 0.3 is 0 Å². The minimum absolute atomic E-state index is 0.0652. The molecule has 0 aliphatic heterocycles. The summed E-state index contributed by atoms with van der Waals surface area (Å²) in [6.45, 7) is 2.50. The number of nitrogens with one attached hydrogen (secondary N) is 2. The normalized spacial score (nSPS) is 10.5. The van der Waals surface area contributed by atoms with Crippen LogP contribution >= 0.6 is 0 Å². The molecule has 2 aromatic carbocycles. The van der Waals surface area contributed by atoms with Crippen LogP contribution in [0.1, 0.15) is 12.0 Å². The lowest BCUT2D eigenvalue weighted by Crippen LogP contribution is -2.17. The first-order valence-electron chi connectivity index (χ1n) is 8.19. The minimum Gasteiger partial charge on any atom is -0.495 e. The first kappa shape index (κ1) is 16.8. The van der Waals surface area contributed by atoms with Crippen molar-refractivity contribution >= 4 is 28.2 Å². The van der Waals surface area contributed by atoms with E-state index < -0.39 is 0 Å². The monoisotopic (exact) mass is 335 g/mol. The summed E-state index contributed by atoms with van der Waals surface area (Å²) in [6.07, 6.45) is 2.12. The molecule has 0 aliphatic rings. The summed E-state index contributed by atoms with van der Waals surface area (Å²) < 4.78 is 5.28. The lowest BCUT2D eigenvalue weighted by Gasteiger charge is -2.12. The average molecular weight is 335 g/mol. The van der Waals surface area contributed by atoms with Crippen molar-refractivity contribution in [3.63, 3.8) is 0 Å². The Hall–Kier alpha value is -3.08. The number of anilines is 2. The summed E-state index contributed by atoms with van der Waals surface area (Å²) in [7, 11) is 1.59. The molecule has 25 heavy (non-hydrogen) atoms. The van der Waals surface area contributed by atoms with Gasteiger partial charge in [-0.25, -0.2) is 0 Å². The fourth-order valence-corrected chi connectivity index (χ4v) is 2.69. The Morgan fingerprint density at radius 3 is 2.80 bits per heavy atom. The highest BCUT2D eigenvalue weighted by Gasteiger charge is 2.08. The van der Waals surface area contributed by atoms with E-state index in [2.05, 4.69) is 15.6 Å². The molecule has 3 rings (SSSR count). The van der Waals surface area contributed by atoms with Crippen LogP contribution in [0.4, 0.5) is 11.4 Å². The molecule has 0 bridgehead atoms. The molecule has 2 N–H and O–H groups in total. The van der Waals surface area contributed by atoms with Crippen LogP contribution in [-0.4, -0.2) is 24.5 Å². The number of aryl methyl sites for hydroxylation is 1. The van der Waals surface area contributed by atoms with Crippen molar-refractivity contribution in [2.45, 2.75) is 13.3 Å². The Morgan fingerprint density at radius 1 is 1.12 bits per heavy atom. The predicted molar refractivity (Wildman–Crippen MR) is 101 cm³/mol. The number of benzene rings is 2. The first-order chi connectivity index (χ1) is 12.2. The van der Waals surface area contributed by atoms with E-state index >= 15 is 0 Å². The number of carbonyl (C=O) groups excluding carboxylic acids is 1. The van der Waals surface area contributed by atoms with Gasteiger partial charge in [-0.2, -0.15) is 0 Å². The Morgan fingerprint density at radius 2 is 1.96 bits per heavy atom. The van der Waals surface area contributed by atoms with Crippen LogP contribution in [0.5, 0.6) is 5.75 Å². The van der Waals surface area contributed by atoms with Crippen LogP contribution in [0.15, 0.2) is 54.7 Å². The van der Waals surface area contributed by atoms with Gasteiger partial charge < -0.3 is 15.4 Å². The van der Waals surface area contributed by atoms with Crippen LogP contribution < -0.4 is 15.4 Å². The van der Waals surface area contributed by atoms with Gasteiger partial charge in [0.05, 0.1) is 24.0 Å². The van der Waals surface area contributed by atoms with Gasteiger partial charge in [0.15, 0.2) is 0 Å². The van der Waals surface area contributed by atoms with Crippen molar-refractivity contribution in [2.75, 3.05) is 24.3 Å².